The van der Waals surface area contributed by atoms with E-state index in [1.807, 2.05) is 13.0 Å². The van der Waals surface area contributed by atoms with Gasteiger partial charge in [0.25, 0.3) is 0 Å². The van der Waals surface area contributed by atoms with Crippen LogP contribution in [-0.2, 0) is 4.74 Å². The van der Waals surface area contributed by atoms with Gasteiger partial charge in [0.15, 0.2) is 0 Å². The normalized spacial score (nSPS) is 12.4. The van der Waals surface area contributed by atoms with Crippen molar-refractivity contribution < 1.29 is 14.6 Å². The van der Waals surface area contributed by atoms with Crippen molar-refractivity contribution in [3.8, 4) is 0 Å². The Morgan fingerprint density at radius 1 is 1.62 bits per heavy atom. The van der Waals surface area contributed by atoms with E-state index in [1.54, 1.807) is 31.0 Å². The Kier molecular flexibility index (Phi) is 5.12. The number of carboxylic acid groups (broad SMARTS) is 1. The lowest BCUT2D eigenvalue weighted by Gasteiger charge is -2.09. The van der Waals surface area contributed by atoms with Crippen LogP contribution in [0.3, 0.4) is 0 Å². The SMILES string of the molecule is COC(C)CSc1ccc(Cl)c(C(=O)O)c1. The molecule has 0 spiro atoms. The molecule has 0 radical (unpaired) electrons. The second-order valence-corrected chi connectivity index (χ2v) is 4.80. The molecule has 1 unspecified atom stereocenters. The van der Waals surface area contributed by atoms with E-state index >= 15 is 0 Å². The molecule has 0 heterocycles. The summed E-state index contributed by atoms with van der Waals surface area (Å²) in [6.07, 6.45) is 0.133. The zero-order valence-electron chi connectivity index (χ0n) is 9.07. The predicted molar refractivity (Wildman–Crippen MR) is 65.6 cm³/mol. The highest BCUT2D eigenvalue weighted by Gasteiger charge is 2.10. The fourth-order valence-corrected chi connectivity index (χ4v) is 2.17. The minimum Gasteiger partial charge on any atom is -0.478 e. The Labute approximate surface area is 104 Å². The van der Waals surface area contributed by atoms with Gasteiger partial charge in [-0.3, -0.25) is 0 Å². The Morgan fingerprint density at radius 2 is 2.31 bits per heavy atom. The highest BCUT2D eigenvalue weighted by molar-refractivity contribution is 7.99. The molecule has 1 N–H and O–H groups in total. The van der Waals surface area contributed by atoms with Gasteiger partial charge in [0.2, 0.25) is 0 Å². The number of hydrogen-bond acceptors (Lipinski definition) is 3. The number of rotatable bonds is 5. The van der Waals surface area contributed by atoms with Gasteiger partial charge in [-0.2, -0.15) is 0 Å². The fourth-order valence-electron chi connectivity index (χ4n) is 1.04. The zero-order chi connectivity index (χ0) is 12.1. The van der Waals surface area contributed by atoms with Crippen molar-refractivity contribution in [2.24, 2.45) is 0 Å². The summed E-state index contributed by atoms with van der Waals surface area (Å²) in [6, 6.07) is 4.99. The molecule has 1 atom stereocenters. The number of halogens is 1. The minimum absolute atomic E-state index is 0.133. The molecular formula is C11H13ClO3S. The lowest BCUT2D eigenvalue weighted by molar-refractivity contribution is 0.0697. The molecule has 16 heavy (non-hydrogen) atoms. The third-order valence-electron chi connectivity index (χ3n) is 2.06. The van der Waals surface area contributed by atoms with Gasteiger partial charge < -0.3 is 9.84 Å². The second kappa shape index (κ2) is 6.13. The molecule has 0 aromatic heterocycles. The van der Waals surface area contributed by atoms with E-state index in [-0.39, 0.29) is 16.7 Å². The van der Waals surface area contributed by atoms with Crippen LogP contribution in [0.25, 0.3) is 0 Å². The average molecular weight is 261 g/mol. The summed E-state index contributed by atoms with van der Waals surface area (Å²) in [5, 5.41) is 9.16. The van der Waals surface area contributed by atoms with Crippen LogP contribution in [0.2, 0.25) is 5.02 Å². The van der Waals surface area contributed by atoms with Crippen LogP contribution in [-0.4, -0.2) is 30.0 Å². The average Bonchev–Trinajstić information content (AvgIpc) is 2.27. The molecule has 1 aromatic carbocycles. The van der Waals surface area contributed by atoms with Gasteiger partial charge in [0.1, 0.15) is 0 Å². The summed E-state index contributed by atoms with van der Waals surface area (Å²) in [6.45, 7) is 1.96. The maximum absolute atomic E-state index is 10.8. The van der Waals surface area contributed by atoms with E-state index in [1.165, 1.54) is 0 Å². The molecular weight excluding hydrogens is 248 g/mol. The summed E-state index contributed by atoms with van der Waals surface area (Å²) in [7, 11) is 1.65. The number of aromatic carboxylic acids is 1. The molecule has 0 aliphatic carbocycles. The number of benzene rings is 1. The van der Waals surface area contributed by atoms with Gasteiger partial charge in [0, 0.05) is 17.8 Å². The number of carboxylic acids is 1. The molecule has 5 heteroatoms. The van der Waals surface area contributed by atoms with Crippen LogP contribution < -0.4 is 0 Å². The number of hydrogen-bond donors (Lipinski definition) is 1. The van der Waals surface area contributed by atoms with E-state index in [2.05, 4.69) is 0 Å². The quantitative estimate of drug-likeness (QED) is 0.826. The Morgan fingerprint density at radius 3 is 2.88 bits per heavy atom. The highest BCUT2D eigenvalue weighted by Crippen LogP contribution is 2.25. The van der Waals surface area contributed by atoms with Crippen LogP contribution in [0.4, 0.5) is 0 Å². The predicted octanol–water partition coefficient (Wildman–Crippen LogP) is 3.17. The molecule has 0 saturated carbocycles. The number of ether oxygens (including phenoxy) is 1. The monoisotopic (exact) mass is 260 g/mol. The highest BCUT2D eigenvalue weighted by atomic mass is 35.5. The Hall–Kier alpha value is -0.710. The first-order valence-corrected chi connectivity index (χ1v) is 6.09. The van der Waals surface area contributed by atoms with E-state index in [9.17, 15) is 4.79 Å². The fraction of sp³-hybridized carbons (Fsp3) is 0.364. The molecule has 0 fully saturated rings. The maximum atomic E-state index is 10.8. The minimum atomic E-state index is -1.01. The van der Waals surface area contributed by atoms with Crippen LogP contribution in [0, 0.1) is 0 Å². The number of methoxy groups -OCH3 is 1. The van der Waals surface area contributed by atoms with Gasteiger partial charge in [-0.1, -0.05) is 11.6 Å². The molecule has 0 aliphatic rings. The van der Waals surface area contributed by atoms with E-state index in [0.717, 1.165) is 10.6 Å². The van der Waals surface area contributed by atoms with Crippen LogP contribution in [0.15, 0.2) is 23.1 Å². The molecule has 88 valence electrons. The molecule has 1 rings (SSSR count). The third kappa shape index (κ3) is 3.70. The summed E-state index contributed by atoms with van der Waals surface area (Å²) < 4.78 is 5.11. The smallest absolute Gasteiger partial charge is 0.337 e. The first-order valence-electron chi connectivity index (χ1n) is 4.73. The standard InChI is InChI=1S/C11H13ClO3S/c1-7(15-2)6-16-8-3-4-10(12)9(5-8)11(13)14/h3-5,7H,6H2,1-2H3,(H,13,14). The van der Waals surface area contributed by atoms with Crippen molar-refractivity contribution in [2.45, 2.75) is 17.9 Å². The molecule has 0 saturated heterocycles. The maximum Gasteiger partial charge on any atom is 0.337 e. The summed E-state index contributed by atoms with van der Waals surface area (Å²) >= 11 is 7.31. The molecule has 0 aliphatic heterocycles. The second-order valence-electron chi connectivity index (χ2n) is 3.30. The lowest BCUT2D eigenvalue weighted by atomic mass is 10.2. The number of thioether (sulfide) groups is 1. The first-order chi connectivity index (χ1) is 7.54. The lowest BCUT2D eigenvalue weighted by Crippen LogP contribution is -2.07. The van der Waals surface area contributed by atoms with Gasteiger partial charge in [-0.15, -0.1) is 11.8 Å². The van der Waals surface area contributed by atoms with Crippen LogP contribution in [0.1, 0.15) is 17.3 Å². The Balaban J connectivity index is 2.75. The van der Waals surface area contributed by atoms with E-state index in [4.69, 9.17) is 21.4 Å². The molecule has 3 nitrogen and oxygen atoms in total. The van der Waals surface area contributed by atoms with Crippen molar-refractivity contribution in [1.82, 2.24) is 0 Å². The number of carbonyl (C=O) groups is 1. The van der Waals surface area contributed by atoms with Crippen molar-refractivity contribution in [1.29, 1.82) is 0 Å². The molecule has 1 aromatic rings. The Bertz CT molecular complexity index is 381. The topological polar surface area (TPSA) is 46.5 Å². The van der Waals surface area contributed by atoms with Gasteiger partial charge in [-0.25, -0.2) is 4.79 Å². The summed E-state index contributed by atoms with van der Waals surface area (Å²) in [5.74, 6) is -0.232. The van der Waals surface area contributed by atoms with E-state index in [0.29, 0.717) is 0 Å². The third-order valence-corrected chi connectivity index (χ3v) is 3.61. The molecule has 0 amide bonds. The summed E-state index contributed by atoms with van der Waals surface area (Å²) in [5.41, 5.74) is 0.136. The first kappa shape index (κ1) is 13.4. The van der Waals surface area contributed by atoms with E-state index < -0.39 is 5.97 Å². The van der Waals surface area contributed by atoms with Gasteiger partial charge in [0.05, 0.1) is 16.7 Å². The largest absolute Gasteiger partial charge is 0.478 e. The van der Waals surface area contributed by atoms with Gasteiger partial charge in [-0.05, 0) is 25.1 Å². The summed E-state index contributed by atoms with van der Waals surface area (Å²) in [4.78, 5) is 11.7. The van der Waals surface area contributed by atoms with Crippen LogP contribution in [0.5, 0.6) is 0 Å². The zero-order valence-corrected chi connectivity index (χ0v) is 10.6. The van der Waals surface area contributed by atoms with Crippen LogP contribution >= 0.6 is 23.4 Å². The van der Waals surface area contributed by atoms with Crippen molar-refractivity contribution in [3.63, 3.8) is 0 Å². The van der Waals surface area contributed by atoms with Gasteiger partial charge >= 0.3 is 5.97 Å². The molecule has 0 bridgehead atoms. The van der Waals surface area contributed by atoms with Crippen molar-refractivity contribution >= 4 is 29.3 Å². The van der Waals surface area contributed by atoms with Crippen molar-refractivity contribution in [3.05, 3.63) is 28.8 Å². The van der Waals surface area contributed by atoms with Crippen molar-refractivity contribution in [2.75, 3.05) is 12.9 Å².